The van der Waals surface area contributed by atoms with Gasteiger partial charge in [-0.25, -0.2) is 9.59 Å². The molecule has 0 bridgehead atoms. The van der Waals surface area contributed by atoms with Gasteiger partial charge in [0.25, 0.3) is 0 Å². The molecule has 0 unspecified atom stereocenters. The van der Waals surface area contributed by atoms with Crippen LogP contribution < -0.4 is 10.2 Å². The van der Waals surface area contributed by atoms with Gasteiger partial charge in [-0.05, 0) is 29.8 Å². The van der Waals surface area contributed by atoms with Gasteiger partial charge >= 0.3 is 12.0 Å². The number of carboxylic acids is 1. The number of carbonyl (C=O) groups excluding carboxylic acids is 1. The number of carbonyl (C=O) groups is 2. The molecule has 28 heavy (non-hydrogen) atoms. The van der Waals surface area contributed by atoms with Crippen molar-refractivity contribution in [3.8, 4) is 0 Å². The first-order chi connectivity index (χ1) is 13.4. The smallest absolute Gasteiger partial charge is 0.337 e. The average Bonchev–Trinajstić information content (AvgIpc) is 2.59. The van der Waals surface area contributed by atoms with E-state index < -0.39 is 5.97 Å². The number of carboxylic acid groups (broad SMARTS) is 1. The fraction of sp³-hybridized carbons (Fsp3) is 0.300. The summed E-state index contributed by atoms with van der Waals surface area (Å²) in [6.07, 6.45) is 0. The van der Waals surface area contributed by atoms with Crippen molar-refractivity contribution in [3.05, 3.63) is 63.6 Å². The molecule has 2 saturated heterocycles. The highest BCUT2D eigenvalue weighted by atomic mass is 35.5. The molecule has 2 aliphatic heterocycles. The molecular formula is C20H19Cl2N3O3. The van der Waals surface area contributed by atoms with Crippen LogP contribution in [0.4, 0.5) is 10.5 Å². The Kier molecular flexibility index (Phi) is 4.85. The highest BCUT2D eigenvalue weighted by molar-refractivity contribution is 6.35. The normalized spacial score (nSPS) is 17.1. The zero-order chi connectivity index (χ0) is 19.9. The number of hydrogen-bond acceptors (Lipinski definition) is 3. The number of rotatable bonds is 4. The predicted molar refractivity (Wildman–Crippen MR) is 108 cm³/mol. The Labute approximate surface area is 172 Å². The van der Waals surface area contributed by atoms with E-state index in [1.807, 2.05) is 12.1 Å². The van der Waals surface area contributed by atoms with Crippen LogP contribution in [0.25, 0.3) is 0 Å². The van der Waals surface area contributed by atoms with E-state index in [1.54, 1.807) is 35.2 Å². The first-order valence-corrected chi connectivity index (χ1v) is 9.66. The number of aromatic carboxylic acids is 1. The van der Waals surface area contributed by atoms with Gasteiger partial charge in [-0.3, -0.25) is 0 Å². The summed E-state index contributed by atoms with van der Waals surface area (Å²) in [4.78, 5) is 27.6. The third-order valence-electron chi connectivity index (χ3n) is 5.31. The zero-order valence-electron chi connectivity index (χ0n) is 15.0. The molecule has 2 fully saturated rings. The molecule has 2 aromatic carbocycles. The molecule has 6 nitrogen and oxygen atoms in total. The van der Waals surface area contributed by atoms with Crippen LogP contribution in [0, 0.1) is 5.41 Å². The van der Waals surface area contributed by atoms with Crippen LogP contribution in [0.2, 0.25) is 10.0 Å². The molecule has 0 atom stereocenters. The molecule has 2 aliphatic rings. The third-order valence-corrected chi connectivity index (χ3v) is 5.90. The van der Waals surface area contributed by atoms with Gasteiger partial charge < -0.3 is 20.2 Å². The number of anilines is 1. The number of urea groups is 1. The zero-order valence-corrected chi connectivity index (χ0v) is 16.5. The van der Waals surface area contributed by atoms with Crippen molar-refractivity contribution < 1.29 is 14.7 Å². The number of nitrogens with zero attached hydrogens (tertiary/aromatic N) is 2. The van der Waals surface area contributed by atoms with Gasteiger partial charge in [0.05, 0.1) is 11.3 Å². The summed E-state index contributed by atoms with van der Waals surface area (Å²) >= 11 is 12.0. The van der Waals surface area contributed by atoms with Gasteiger partial charge in [-0.1, -0.05) is 41.4 Å². The van der Waals surface area contributed by atoms with Crippen molar-refractivity contribution in [3.63, 3.8) is 0 Å². The molecule has 0 aromatic heterocycles. The van der Waals surface area contributed by atoms with E-state index in [-0.39, 0.29) is 11.4 Å². The van der Waals surface area contributed by atoms with Crippen LogP contribution in [-0.4, -0.2) is 48.2 Å². The van der Waals surface area contributed by atoms with E-state index in [0.29, 0.717) is 35.2 Å². The number of halogens is 2. The van der Waals surface area contributed by atoms with Crippen LogP contribution in [0.5, 0.6) is 0 Å². The number of likely N-dealkylation sites (tertiary alicyclic amines) is 1. The lowest BCUT2D eigenvalue weighted by Gasteiger charge is -2.60. The Morgan fingerprint density at radius 2 is 1.79 bits per heavy atom. The summed E-state index contributed by atoms with van der Waals surface area (Å²) < 4.78 is 0. The molecule has 2 aromatic rings. The topological polar surface area (TPSA) is 72.9 Å². The lowest BCUT2D eigenvalue weighted by molar-refractivity contribution is 0.00754. The number of para-hydroxylation sites is 1. The van der Waals surface area contributed by atoms with Crippen LogP contribution in [0.1, 0.15) is 15.9 Å². The van der Waals surface area contributed by atoms with Gasteiger partial charge in [0.15, 0.2) is 0 Å². The van der Waals surface area contributed by atoms with Gasteiger partial charge in [0, 0.05) is 48.2 Å². The van der Waals surface area contributed by atoms with Crippen LogP contribution in [0.3, 0.4) is 0 Å². The van der Waals surface area contributed by atoms with Gasteiger partial charge in [-0.2, -0.15) is 0 Å². The minimum atomic E-state index is -0.924. The Hall–Kier alpha value is -2.44. The second-order valence-electron chi connectivity index (χ2n) is 7.43. The summed E-state index contributed by atoms with van der Waals surface area (Å²) in [6, 6.07) is 12.1. The van der Waals surface area contributed by atoms with Gasteiger partial charge in [-0.15, -0.1) is 0 Å². The third kappa shape index (κ3) is 3.50. The molecule has 0 saturated carbocycles. The first-order valence-electron chi connectivity index (χ1n) is 8.91. The first kappa shape index (κ1) is 18.9. The van der Waals surface area contributed by atoms with Crippen molar-refractivity contribution in [2.75, 3.05) is 31.1 Å². The molecule has 146 valence electrons. The predicted octanol–water partition coefficient (Wildman–Crippen LogP) is 3.72. The summed E-state index contributed by atoms with van der Waals surface area (Å²) in [5.74, 6) is -0.924. The summed E-state index contributed by atoms with van der Waals surface area (Å²) in [5.41, 5.74) is 1.92. The number of hydrogen-bond donors (Lipinski definition) is 2. The Balaban J connectivity index is 1.28. The molecule has 2 amide bonds. The minimum absolute atomic E-state index is 0.0564. The van der Waals surface area contributed by atoms with E-state index in [2.05, 4.69) is 10.2 Å². The number of amides is 2. The summed E-state index contributed by atoms with van der Waals surface area (Å²) in [6.45, 7) is 3.18. The van der Waals surface area contributed by atoms with Crippen LogP contribution in [-0.2, 0) is 6.54 Å². The molecule has 1 spiro atoms. The van der Waals surface area contributed by atoms with E-state index in [9.17, 15) is 14.7 Å². The van der Waals surface area contributed by atoms with Crippen LogP contribution >= 0.6 is 23.2 Å². The minimum Gasteiger partial charge on any atom is -0.478 e. The number of benzene rings is 2. The maximum Gasteiger partial charge on any atom is 0.337 e. The molecule has 4 rings (SSSR count). The standard InChI is InChI=1S/C20H19Cl2N3O3/c21-14-6-5-13(16(22)7-14)8-23-19(28)25-11-20(12-25)9-24(10-20)17-4-2-1-3-15(17)18(26)27/h1-7H,8-12H2,(H,23,28)(H,26,27). The maximum atomic E-state index is 12.4. The fourth-order valence-electron chi connectivity index (χ4n) is 3.92. The Morgan fingerprint density at radius 3 is 2.46 bits per heavy atom. The van der Waals surface area contributed by atoms with Crippen molar-refractivity contribution in [2.24, 2.45) is 5.41 Å². The Bertz CT molecular complexity index is 936. The summed E-state index contributed by atoms with van der Waals surface area (Å²) in [7, 11) is 0. The molecule has 0 aliphatic carbocycles. The van der Waals surface area contributed by atoms with Crippen molar-refractivity contribution in [2.45, 2.75) is 6.54 Å². The molecule has 2 heterocycles. The molecule has 2 N–H and O–H groups in total. The van der Waals surface area contributed by atoms with E-state index in [4.69, 9.17) is 23.2 Å². The quantitative estimate of drug-likeness (QED) is 0.791. The largest absolute Gasteiger partial charge is 0.478 e. The molecular weight excluding hydrogens is 401 g/mol. The second kappa shape index (κ2) is 7.18. The highest BCUT2D eigenvalue weighted by Crippen LogP contribution is 2.42. The second-order valence-corrected chi connectivity index (χ2v) is 8.27. The van der Waals surface area contributed by atoms with E-state index >= 15 is 0 Å². The van der Waals surface area contributed by atoms with E-state index in [1.165, 1.54) is 0 Å². The molecule has 8 heteroatoms. The monoisotopic (exact) mass is 419 g/mol. The highest BCUT2D eigenvalue weighted by Gasteiger charge is 2.53. The van der Waals surface area contributed by atoms with Crippen molar-refractivity contribution in [1.29, 1.82) is 0 Å². The Morgan fingerprint density at radius 1 is 1.07 bits per heavy atom. The lowest BCUT2D eigenvalue weighted by Crippen LogP contribution is -2.74. The average molecular weight is 420 g/mol. The van der Waals surface area contributed by atoms with E-state index in [0.717, 1.165) is 24.3 Å². The maximum absolute atomic E-state index is 12.4. The fourth-order valence-corrected chi connectivity index (χ4v) is 4.39. The van der Waals surface area contributed by atoms with Gasteiger partial charge in [0.1, 0.15) is 0 Å². The summed E-state index contributed by atoms with van der Waals surface area (Å²) in [5, 5.41) is 13.3. The van der Waals surface area contributed by atoms with Gasteiger partial charge in [0.2, 0.25) is 0 Å². The van der Waals surface area contributed by atoms with Crippen molar-refractivity contribution in [1.82, 2.24) is 10.2 Å². The number of nitrogens with one attached hydrogen (secondary N) is 1. The van der Waals surface area contributed by atoms with Crippen LogP contribution in [0.15, 0.2) is 42.5 Å². The van der Waals surface area contributed by atoms with Crippen molar-refractivity contribution >= 4 is 40.9 Å². The molecule has 0 radical (unpaired) electrons. The SMILES string of the molecule is O=C(O)c1ccccc1N1CC2(CN(C(=O)NCc3ccc(Cl)cc3Cl)C2)C1. The lowest BCUT2D eigenvalue weighted by atomic mass is 9.72.